The molecule has 7 nitrogen and oxygen atoms in total. The highest BCUT2D eigenvalue weighted by atomic mass is 32.1. The molecule has 1 aliphatic heterocycles. The first-order valence-corrected chi connectivity index (χ1v) is 7.46. The Morgan fingerprint density at radius 1 is 1.55 bits per heavy atom. The van der Waals surface area contributed by atoms with E-state index in [1.54, 1.807) is 0 Å². The lowest BCUT2D eigenvalue weighted by Gasteiger charge is -2.21. The van der Waals surface area contributed by atoms with Crippen LogP contribution in [0.2, 0.25) is 0 Å². The summed E-state index contributed by atoms with van der Waals surface area (Å²) >= 11 is 1.22. The van der Waals surface area contributed by atoms with E-state index in [0.717, 1.165) is 19.4 Å². The second kappa shape index (κ2) is 6.08. The normalized spacial score (nSPS) is 18.2. The molecule has 1 atom stereocenters. The molecule has 2 rings (SSSR count). The number of carbonyl (C=O) groups excluding carboxylic acids is 2. The molecule has 0 aromatic carbocycles. The Balaban J connectivity index is 2.16. The van der Waals surface area contributed by atoms with Gasteiger partial charge < -0.3 is 21.7 Å². The summed E-state index contributed by atoms with van der Waals surface area (Å²) in [4.78, 5) is 29.8. The fraction of sp³-hybridized carbons (Fsp3) is 0.583. The van der Waals surface area contributed by atoms with Gasteiger partial charge >= 0.3 is 0 Å². The predicted octanol–water partition coefficient (Wildman–Crippen LogP) is 0.637. The van der Waals surface area contributed by atoms with E-state index in [9.17, 15) is 9.59 Å². The molecule has 1 aromatic heterocycles. The number of hydrogen-bond acceptors (Lipinski definition) is 6. The Kier molecular flexibility index (Phi) is 4.43. The van der Waals surface area contributed by atoms with Crippen LogP contribution >= 0.6 is 11.3 Å². The largest absolute Gasteiger partial charge is 0.382 e. The van der Waals surface area contributed by atoms with Gasteiger partial charge in [-0.15, -0.1) is 0 Å². The van der Waals surface area contributed by atoms with Crippen molar-refractivity contribution < 1.29 is 9.59 Å². The Bertz CT molecular complexity index is 516. The number of rotatable bonds is 5. The van der Waals surface area contributed by atoms with Crippen LogP contribution < -0.4 is 16.8 Å². The van der Waals surface area contributed by atoms with Crippen LogP contribution in [-0.4, -0.2) is 40.8 Å². The molecule has 2 amide bonds. The van der Waals surface area contributed by atoms with Crippen LogP contribution in [0.3, 0.4) is 0 Å². The zero-order valence-corrected chi connectivity index (χ0v) is 12.2. The van der Waals surface area contributed by atoms with Gasteiger partial charge in [-0.1, -0.05) is 18.3 Å². The first-order valence-electron chi connectivity index (χ1n) is 6.65. The van der Waals surface area contributed by atoms with E-state index in [-0.39, 0.29) is 11.7 Å². The molecule has 1 aromatic rings. The summed E-state index contributed by atoms with van der Waals surface area (Å²) in [6.07, 6.45) is 2.35. The lowest BCUT2D eigenvalue weighted by atomic mass is 10.2. The third kappa shape index (κ3) is 2.84. The van der Waals surface area contributed by atoms with Gasteiger partial charge in [0.1, 0.15) is 16.7 Å². The molecule has 1 aliphatic rings. The molecule has 110 valence electrons. The van der Waals surface area contributed by atoms with Crippen LogP contribution in [0.4, 0.5) is 10.9 Å². The molecule has 0 aliphatic carbocycles. The highest BCUT2D eigenvalue weighted by molar-refractivity contribution is 7.18. The summed E-state index contributed by atoms with van der Waals surface area (Å²) < 4.78 is 0. The number of carbonyl (C=O) groups is 2. The maximum atomic E-state index is 12.5. The smallest absolute Gasteiger partial charge is 0.268 e. The lowest BCUT2D eigenvalue weighted by molar-refractivity contribution is -0.121. The van der Waals surface area contributed by atoms with Crippen LogP contribution in [-0.2, 0) is 4.79 Å². The summed E-state index contributed by atoms with van der Waals surface area (Å²) in [5, 5.41) is 3.73. The van der Waals surface area contributed by atoms with Gasteiger partial charge in [-0.05, 0) is 19.3 Å². The second-order valence-corrected chi connectivity index (χ2v) is 5.72. The highest BCUT2D eigenvalue weighted by Crippen LogP contribution is 2.29. The molecular weight excluding hydrogens is 278 g/mol. The fourth-order valence-corrected chi connectivity index (χ4v) is 3.10. The number of hydrogen-bond donors (Lipinski definition) is 3. The summed E-state index contributed by atoms with van der Waals surface area (Å²) in [6, 6.07) is -0.531. The number of nitrogens with two attached hydrogens (primary N) is 2. The number of anilines is 2. The monoisotopic (exact) mass is 297 g/mol. The van der Waals surface area contributed by atoms with Crippen molar-refractivity contribution in [3.8, 4) is 0 Å². The minimum absolute atomic E-state index is 0.203. The summed E-state index contributed by atoms with van der Waals surface area (Å²) in [5.41, 5.74) is 11.1. The summed E-state index contributed by atoms with van der Waals surface area (Å²) in [7, 11) is 0. The van der Waals surface area contributed by atoms with E-state index < -0.39 is 11.9 Å². The standard InChI is InChI=1S/C12H19N5O2S/c1-2-5-15-12-16-9(13)8(20-12)11(19)17-6-3-4-7(17)10(14)18/h7H,2-6,13H2,1H3,(H2,14,18)(H,15,16). The number of likely N-dealkylation sites (tertiary alicyclic amines) is 1. The first-order chi connectivity index (χ1) is 9.54. The van der Waals surface area contributed by atoms with Crippen molar-refractivity contribution in [2.75, 3.05) is 24.1 Å². The molecule has 2 heterocycles. The van der Waals surface area contributed by atoms with Gasteiger partial charge in [0.2, 0.25) is 5.91 Å². The molecule has 0 radical (unpaired) electrons. The van der Waals surface area contributed by atoms with Gasteiger partial charge in [-0.25, -0.2) is 4.98 Å². The van der Waals surface area contributed by atoms with Gasteiger partial charge in [0.05, 0.1) is 0 Å². The van der Waals surface area contributed by atoms with Crippen molar-refractivity contribution in [2.45, 2.75) is 32.2 Å². The zero-order valence-electron chi connectivity index (χ0n) is 11.4. The number of aromatic nitrogens is 1. The van der Waals surface area contributed by atoms with Crippen LogP contribution in [0.1, 0.15) is 35.9 Å². The summed E-state index contributed by atoms with van der Waals surface area (Å²) in [5.74, 6) is -0.525. The topological polar surface area (TPSA) is 114 Å². The van der Waals surface area contributed by atoms with Crippen LogP contribution in [0, 0.1) is 0 Å². The molecule has 0 spiro atoms. The molecule has 5 N–H and O–H groups in total. The number of amides is 2. The van der Waals surface area contributed by atoms with E-state index in [2.05, 4.69) is 10.3 Å². The Hall–Kier alpha value is -1.83. The average molecular weight is 297 g/mol. The van der Waals surface area contributed by atoms with Crippen molar-refractivity contribution in [1.29, 1.82) is 0 Å². The Labute approximate surface area is 121 Å². The predicted molar refractivity (Wildman–Crippen MR) is 78.6 cm³/mol. The zero-order chi connectivity index (χ0) is 14.7. The number of nitrogens with one attached hydrogen (secondary N) is 1. The van der Waals surface area contributed by atoms with E-state index in [1.807, 2.05) is 6.92 Å². The van der Waals surface area contributed by atoms with Crippen molar-refractivity contribution in [2.24, 2.45) is 5.73 Å². The maximum absolute atomic E-state index is 12.5. The lowest BCUT2D eigenvalue weighted by Crippen LogP contribution is -2.43. The van der Waals surface area contributed by atoms with E-state index in [4.69, 9.17) is 11.5 Å². The highest BCUT2D eigenvalue weighted by Gasteiger charge is 2.35. The van der Waals surface area contributed by atoms with Gasteiger partial charge in [-0.3, -0.25) is 9.59 Å². The van der Waals surface area contributed by atoms with Gasteiger partial charge in [-0.2, -0.15) is 0 Å². The molecule has 8 heteroatoms. The molecule has 0 saturated carbocycles. The van der Waals surface area contributed by atoms with Gasteiger partial charge in [0.25, 0.3) is 5.91 Å². The molecule has 1 unspecified atom stereocenters. The SMILES string of the molecule is CCCNc1nc(N)c(C(=O)N2CCCC2C(N)=O)s1. The molecule has 1 saturated heterocycles. The van der Waals surface area contributed by atoms with E-state index >= 15 is 0 Å². The summed E-state index contributed by atoms with van der Waals surface area (Å²) in [6.45, 7) is 3.34. The van der Waals surface area contributed by atoms with Crippen molar-refractivity contribution in [3.05, 3.63) is 4.88 Å². The Morgan fingerprint density at radius 3 is 2.95 bits per heavy atom. The number of primary amides is 1. The first kappa shape index (κ1) is 14.6. The maximum Gasteiger partial charge on any atom is 0.268 e. The van der Waals surface area contributed by atoms with Gasteiger partial charge in [0.15, 0.2) is 5.13 Å². The van der Waals surface area contributed by atoms with Gasteiger partial charge in [0, 0.05) is 13.1 Å². The molecular formula is C12H19N5O2S. The molecule has 0 bridgehead atoms. The van der Waals surface area contributed by atoms with Crippen molar-refractivity contribution in [1.82, 2.24) is 9.88 Å². The quantitative estimate of drug-likeness (QED) is 0.737. The number of nitrogen functional groups attached to an aromatic ring is 1. The van der Waals surface area contributed by atoms with E-state index in [0.29, 0.717) is 23.0 Å². The average Bonchev–Trinajstić information content (AvgIpc) is 3.02. The molecule has 20 heavy (non-hydrogen) atoms. The third-order valence-corrected chi connectivity index (χ3v) is 4.23. The second-order valence-electron chi connectivity index (χ2n) is 4.72. The third-order valence-electron chi connectivity index (χ3n) is 3.22. The minimum atomic E-state index is -0.531. The fourth-order valence-electron chi connectivity index (χ4n) is 2.23. The van der Waals surface area contributed by atoms with Crippen molar-refractivity contribution >= 4 is 34.1 Å². The van der Waals surface area contributed by atoms with Crippen molar-refractivity contribution in [3.63, 3.8) is 0 Å². The minimum Gasteiger partial charge on any atom is -0.382 e. The van der Waals surface area contributed by atoms with Crippen LogP contribution in [0.15, 0.2) is 0 Å². The Morgan fingerprint density at radius 2 is 2.30 bits per heavy atom. The number of thiazole rings is 1. The number of nitrogens with zero attached hydrogens (tertiary/aromatic N) is 2. The van der Waals surface area contributed by atoms with Crippen LogP contribution in [0.5, 0.6) is 0 Å². The van der Waals surface area contributed by atoms with Crippen LogP contribution in [0.25, 0.3) is 0 Å². The van der Waals surface area contributed by atoms with E-state index in [1.165, 1.54) is 16.2 Å². The molecule has 1 fully saturated rings.